The van der Waals surface area contributed by atoms with Gasteiger partial charge in [-0.05, 0) is 62.9 Å². The molecule has 1 atom stereocenters. The number of phenolic OH excluding ortho intramolecular Hbond substituents is 1. The molecule has 0 aliphatic rings. The Morgan fingerprint density at radius 2 is 1.65 bits per heavy atom. The zero-order valence-corrected chi connectivity index (χ0v) is 13.4. The van der Waals surface area contributed by atoms with Gasteiger partial charge in [0.05, 0.1) is 13.6 Å². The van der Waals surface area contributed by atoms with Crippen LogP contribution in [0.25, 0.3) is 0 Å². The molecule has 0 aromatic heterocycles. The summed E-state index contributed by atoms with van der Waals surface area (Å²) in [7, 11) is 0. The van der Waals surface area contributed by atoms with Crippen molar-refractivity contribution in [3.05, 3.63) is 24.8 Å². The Morgan fingerprint density at radius 1 is 1.24 bits per heavy atom. The number of phenols is 1. The van der Waals surface area contributed by atoms with Crippen LogP contribution in [0.2, 0.25) is 0 Å². The number of hydrogen-bond acceptors (Lipinski definition) is 2. The minimum absolute atomic E-state index is 0. The Kier molecular flexibility index (Phi) is 6.82. The minimum atomic E-state index is -4.28. The maximum Gasteiger partial charge on any atom is 0.390 e. The molecule has 0 aliphatic carbocycles. The molecule has 0 amide bonds. The number of aromatic hydroxyl groups is 1. The van der Waals surface area contributed by atoms with Crippen molar-refractivity contribution in [2.75, 3.05) is 0 Å². The summed E-state index contributed by atoms with van der Waals surface area (Å²) in [6, 6.07) is 1.84. The topological polar surface area (TPSA) is 46.2 Å². The molecule has 0 aliphatic heterocycles. The van der Waals surface area contributed by atoms with E-state index in [1.54, 1.807) is 0 Å². The highest BCUT2D eigenvalue weighted by Gasteiger charge is 2.31. The van der Waals surface area contributed by atoms with E-state index in [-0.39, 0.29) is 18.2 Å². The molecule has 1 rings (SSSR count). The van der Waals surface area contributed by atoms with Gasteiger partial charge in [0.1, 0.15) is 5.75 Å². The second kappa shape index (κ2) is 6.62. The Hall–Kier alpha value is 0.520. The lowest BCUT2D eigenvalue weighted by molar-refractivity contribution is -0.138. The van der Waals surface area contributed by atoms with E-state index in [0.717, 1.165) is 0 Å². The highest BCUT2D eigenvalue weighted by Crippen LogP contribution is 2.33. The summed E-state index contributed by atoms with van der Waals surface area (Å²) < 4.78 is 37.4. The molecule has 98 valence electrons. The number of benzene rings is 1. The van der Waals surface area contributed by atoms with Crippen LogP contribution in [0.4, 0.5) is 13.2 Å². The molecular formula is C9H9ClF3I2NO. The smallest absolute Gasteiger partial charge is 0.390 e. The van der Waals surface area contributed by atoms with Gasteiger partial charge < -0.3 is 10.8 Å². The maximum absolute atomic E-state index is 12.1. The minimum Gasteiger partial charge on any atom is -0.506 e. The summed E-state index contributed by atoms with van der Waals surface area (Å²) in [5, 5.41) is 9.47. The first kappa shape index (κ1) is 17.5. The van der Waals surface area contributed by atoms with Gasteiger partial charge in [0.2, 0.25) is 0 Å². The van der Waals surface area contributed by atoms with Crippen LogP contribution in [0.15, 0.2) is 12.1 Å². The predicted octanol–water partition coefficient (Wildman–Crippen LogP) is 3.98. The lowest BCUT2D eigenvalue weighted by Crippen LogP contribution is -2.20. The first-order valence-corrected chi connectivity index (χ1v) is 6.36. The quantitative estimate of drug-likeness (QED) is 0.613. The van der Waals surface area contributed by atoms with Crippen LogP contribution >= 0.6 is 57.6 Å². The molecule has 3 N–H and O–H groups in total. The van der Waals surface area contributed by atoms with Gasteiger partial charge in [-0.3, -0.25) is 0 Å². The van der Waals surface area contributed by atoms with Crippen molar-refractivity contribution in [2.24, 2.45) is 5.73 Å². The lowest BCUT2D eigenvalue weighted by Gasteiger charge is -2.15. The van der Waals surface area contributed by atoms with Crippen LogP contribution in [0.5, 0.6) is 5.75 Å². The molecule has 0 fully saturated rings. The second-order valence-electron chi connectivity index (χ2n) is 3.26. The summed E-state index contributed by atoms with van der Waals surface area (Å²) in [6.45, 7) is 0. The van der Waals surface area contributed by atoms with Crippen molar-refractivity contribution >= 4 is 57.6 Å². The monoisotopic (exact) mass is 493 g/mol. The van der Waals surface area contributed by atoms with Gasteiger partial charge in [0.25, 0.3) is 0 Å². The van der Waals surface area contributed by atoms with E-state index in [1.165, 1.54) is 12.1 Å². The van der Waals surface area contributed by atoms with Crippen molar-refractivity contribution in [1.29, 1.82) is 0 Å². The SMILES string of the molecule is Cl.N[C@@H](CC(F)(F)F)c1cc(I)c(O)c(I)c1. The number of nitrogens with two attached hydrogens (primary N) is 1. The molecular weight excluding hydrogens is 484 g/mol. The number of halogens is 6. The third kappa shape index (κ3) is 5.35. The molecule has 2 nitrogen and oxygen atoms in total. The molecule has 8 heteroatoms. The van der Waals surface area contributed by atoms with Crippen LogP contribution in [0, 0.1) is 7.14 Å². The Bertz CT molecular complexity index is 377. The molecule has 0 saturated heterocycles. The fourth-order valence-corrected chi connectivity index (χ4v) is 2.98. The van der Waals surface area contributed by atoms with Gasteiger partial charge in [-0.15, -0.1) is 12.4 Å². The van der Waals surface area contributed by atoms with E-state index in [9.17, 15) is 18.3 Å². The summed E-state index contributed by atoms with van der Waals surface area (Å²) >= 11 is 3.71. The van der Waals surface area contributed by atoms with Gasteiger partial charge in [-0.2, -0.15) is 13.2 Å². The highest BCUT2D eigenvalue weighted by molar-refractivity contribution is 14.1. The van der Waals surface area contributed by atoms with Gasteiger partial charge in [-0.1, -0.05) is 0 Å². The Balaban J connectivity index is 0.00000256. The molecule has 0 heterocycles. The van der Waals surface area contributed by atoms with Gasteiger partial charge in [-0.25, -0.2) is 0 Å². The second-order valence-corrected chi connectivity index (χ2v) is 5.58. The normalized spacial score (nSPS) is 13.1. The molecule has 0 spiro atoms. The van der Waals surface area contributed by atoms with E-state index in [1.807, 2.05) is 45.2 Å². The Morgan fingerprint density at radius 3 is 2.00 bits per heavy atom. The van der Waals surface area contributed by atoms with Crippen LogP contribution in [-0.2, 0) is 0 Å². The fraction of sp³-hybridized carbons (Fsp3) is 0.333. The zero-order chi connectivity index (χ0) is 12.5. The average molecular weight is 493 g/mol. The molecule has 17 heavy (non-hydrogen) atoms. The van der Waals surface area contributed by atoms with Gasteiger partial charge >= 0.3 is 6.18 Å². The number of rotatable bonds is 2. The number of alkyl halides is 3. The molecule has 1 aromatic rings. The van der Waals surface area contributed by atoms with Crippen molar-refractivity contribution in [3.8, 4) is 5.75 Å². The number of hydrogen-bond donors (Lipinski definition) is 2. The highest BCUT2D eigenvalue weighted by atomic mass is 127. The largest absolute Gasteiger partial charge is 0.506 e. The third-order valence-electron chi connectivity index (χ3n) is 1.92. The van der Waals surface area contributed by atoms with Gasteiger partial charge in [0.15, 0.2) is 0 Å². The predicted molar refractivity (Wildman–Crippen MR) is 78.4 cm³/mol. The average Bonchev–Trinajstić information content (AvgIpc) is 2.10. The fourth-order valence-electron chi connectivity index (χ4n) is 1.17. The molecule has 1 aromatic carbocycles. The van der Waals surface area contributed by atoms with Crippen LogP contribution in [0.3, 0.4) is 0 Å². The molecule has 0 radical (unpaired) electrons. The van der Waals surface area contributed by atoms with Crippen molar-refractivity contribution in [1.82, 2.24) is 0 Å². The molecule has 0 unspecified atom stereocenters. The standard InChI is InChI=1S/C9H8F3I2NO.ClH/c10-9(11,12)3-7(15)4-1-5(13)8(16)6(14)2-4;/h1-2,7,16H,3,15H2;1H/t7-;/m0./s1. The third-order valence-corrected chi connectivity index (χ3v) is 3.56. The lowest BCUT2D eigenvalue weighted by atomic mass is 10.0. The van der Waals surface area contributed by atoms with Crippen LogP contribution in [-0.4, -0.2) is 11.3 Å². The summed E-state index contributed by atoms with van der Waals surface area (Å²) in [5.41, 5.74) is 5.84. The van der Waals surface area contributed by atoms with Crippen molar-refractivity contribution in [2.45, 2.75) is 18.6 Å². The molecule has 0 bridgehead atoms. The maximum atomic E-state index is 12.1. The first-order valence-electron chi connectivity index (χ1n) is 4.21. The summed E-state index contributed by atoms with van der Waals surface area (Å²) in [6.07, 6.45) is -5.35. The van der Waals surface area contributed by atoms with E-state index < -0.39 is 18.6 Å². The molecule has 0 saturated carbocycles. The van der Waals surface area contributed by atoms with E-state index in [2.05, 4.69) is 0 Å². The van der Waals surface area contributed by atoms with Crippen molar-refractivity contribution in [3.63, 3.8) is 0 Å². The van der Waals surface area contributed by atoms with Gasteiger partial charge in [0, 0.05) is 6.04 Å². The van der Waals surface area contributed by atoms with Crippen LogP contribution in [0.1, 0.15) is 18.0 Å². The Labute approximate surface area is 130 Å². The van der Waals surface area contributed by atoms with E-state index in [0.29, 0.717) is 12.7 Å². The zero-order valence-electron chi connectivity index (χ0n) is 8.26. The van der Waals surface area contributed by atoms with E-state index in [4.69, 9.17) is 5.73 Å². The summed E-state index contributed by atoms with van der Waals surface area (Å²) in [4.78, 5) is 0. The van der Waals surface area contributed by atoms with Crippen molar-refractivity contribution < 1.29 is 18.3 Å². The van der Waals surface area contributed by atoms with Crippen LogP contribution < -0.4 is 5.73 Å². The summed E-state index contributed by atoms with van der Waals surface area (Å²) in [5.74, 6) is 0.0733. The van der Waals surface area contributed by atoms with E-state index >= 15 is 0 Å². The first-order chi connectivity index (χ1) is 7.20.